The molecule has 36 heavy (non-hydrogen) atoms. The average Bonchev–Trinajstić information content (AvgIpc) is 2.84. The predicted molar refractivity (Wildman–Crippen MR) is 149 cm³/mol. The molecule has 0 spiro atoms. The van der Waals surface area contributed by atoms with Crippen molar-refractivity contribution in [3.05, 3.63) is 59.2 Å². The fourth-order valence-electron chi connectivity index (χ4n) is 5.19. The monoisotopic (exact) mass is 536 g/mol. The lowest BCUT2D eigenvalue weighted by molar-refractivity contribution is -0.136. The minimum Gasteiger partial charge on any atom is -0.496 e. The maximum absolute atomic E-state index is 13.1. The van der Waals surface area contributed by atoms with E-state index in [-0.39, 0.29) is 48.7 Å². The van der Waals surface area contributed by atoms with Crippen molar-refractivity contribution in [2.75, 3.05) is 46.2 Å². The third-order valence-corrected chi connectivity index (χ3v) is 6.92. The van der Waals surface area contributed by atoms with E-state index >= 15 is 0 Å². The Labute approximate surface area is 227 Å². The van der Waals surface area contributed by atoms with Crippen LogP contribution in [0, 0.1) is 0 Å². The normalized spacial score (nSPS) is 19.3. The van der Waals surface area contributed by atoms with Gasteiger partial charge in [0.25, 0.3) is 0 Å². The molecule has 7 nitrogen and oxygen atoms in total. The van der Waals surface area contributed by atoms with Gasteiger partial charge in [0.2, 0.25) is 11.8 Å². The molecule has 0 bridgehead atoms. The summed E-state index contributed by atoms with van der Waals surface area (Å²) >= 11 is 0. The van der Waals surface area contributed by atoms with Crippen molar-refractivity contribution in [2.45, 2.75) is 44.3 Å². The first-order valence-electron chi connectivity index (χ1n) is 12.1. The number of aryl methyl sites for hydroxylation is 1. The van der Waals surface area contributed by atoms with Crippen LogP contribution in [0.5, 0.6) is 5.75 Å². The highest BCUT2D eigenvalue weighted by Gasteiger charge is 2.35. The van der Waals surface area contributed by atoms with Gasteiger partial charge in [0.1, 0.15) is 5.75 Å². The first-order valence-corrected chi connectivity index (χ1v) is 12.1. The minimum absolute atomic E-state index is 0. The Morgan fingerprint density at radius 3 is 2.53 bits per heavy atom. The van der Waals surface area contributed by atoms with Crippen LogP contribution in [0.2, 0.25) is 0 Å². The van der Waals surface area contributed by atoms with E-state index in [9.17, 15) is 9.59 Å². The Bertz CT molecular complexity index is 1040. The molecule has 1 saturated heterocycles. The molecule has 2 atom stereocenters. The molecule has 9 heteroatoms. The molecule has 2 aromatic rings. The standard InChI is InChI=1S/C27H36N4O3.2ClH/c1-29(2)18-26(33)31-14-8-11-22(27(31)19-9-6-5-7-10-19)28-17-21-15-23-20(16-24(21)34-4)12-13-25(32)30(23)3;;/h5-7,9-10,15-16,22,27-28H,8,11-14,17-18H2,1-4H3;2*1H/t22-,27-;;/m0../s1. The lowest BCUT2D eigenvalue weighted by Crippen LogP contribution is -2.52. The lowest BCUT2D eigenvalue weighted by Gasteiger charge is -2.42. The Kier molecular flexibility index (Phi) is 11.0. The van der Waals surface area contributed by atoms with Crippen molar-refractivity contribution in [1.29, 1.82) is 0 Å². The van der Waals surface area contributed by atoms with Gasteiger partial charge in [0.15, 0.2) is 0 Å². The lowest BCUT2D eigenvalue weighted by atomic mass is 9.89. The molecule has 2 aromatic carbocycles. The van der Waals surface area contributed by atoms with Gasteiger partial charge >= 0.3 is 0 Å². The first-order chi connectivity index (χ1) is 16.4. The molecular formula is C27H38Cl2N4O3. The third-order valence-electron chi connectivity index (χ3n) is 6.92. The van der Waals surface area contributed by atoms with E-state index in [1.807, 2.05) is 49.1 Å². The number of nitrogens with zero attached hydrogens (tertiary/aromatic N) is 3. The highest BCUT2D eigenvalue weighted by Crippen LogP contribution is 2.35. The average molecular weight is 538 g/mol. The van der Waals surface area contributed by atoms with Crippen LogP contribution < -0.4 is 15.0 Å². The van der Waals surface area contributed by atoms with Gasteiger partial charge in [-0.05, 0) is 56.6 Å². The second-order valence-electron chi connectivity index (χ2n) is 9.56. The van der Waals surface area contributed by atoms with Gasteiger partial charge in [-0.3, -0.25) is 9.59 Å². The van der Waals surface area contributed by atoms with Crippen molar-refractivity contribution in [2.24, 2.45) is 0 Å². The SMILES string of the molecule is COc1cc2c(cc1CN[C@H]1CCCN(C(=O)CN(C)C)[C@H]1c1ccccc1)N(C)C(=O)CC2.Cl.Cl. The van der Waals surface area contributed by atoms with Crippen LogP contribution in [0.15, 0.2) is 42.5 Å². The number of likely N-dealkylation sites (tertiary alicyclic amines) is 1. The van der Waals surface area contributed by atoms with E-state index in [0.29, 0.717) is 19.5 Å². The van der Waals surface area contributed by atoms with E-state index in [0.717, 1.165) is 53.9 Å². The van der Waals surface area contributed by atoms with Crippen molar-refractivity contribution in [3.63, 3.8) is 0 Å². The van der Waals surface area contributed by atoms with Crippen LogP contribution in [0.25, 0.3) is 0 Å². The molecule has 0 aromatic heterocycles. The number of fused-ring (bicyclic) bond motifs is 1. The van der Waals surface area contributed by atoms with Crippen molar-refractivity contribution < 1.29 is 14.3 Å². The summed E-state index contributed by atoms with van der Waals surface area (Å²) in [5, 5.41) is 3.74. The van der Waals surface area contributed by atoms with Crippen LogP contribution in [-0.4, -0.2) is 69.0 Å². The Balaban J connectivity index is 0.00000228. The van der Waals surface area contributed by atoms with Crippen LogP contribution in [0.1, 0.15) is 42.0 Å². The Morgan fingerprint density at radius 2 is 1.86 bits per heavy atom. The summed E-state index contributed by atoms with van der Waals surface area (Å²) in [5.74, 6) is 1.13. The number of carbonyl (C=O) groups excluding carboxylic acids is 2. The van der Waals surface area contributed by atoms with Crippen LogP contribution in [-0.2, 0) is 22.6 Å². The number of likely N-dealkylation sites (N-methyl/N-ethyl adjacent to an activating group) is 1. The molecule has 1 fully saturated rings. The fourth-order valence-corrected chi connectivity index (χ4v) is 5.19. The van der Waals surface area contributed by atoms with Crippen molar-refractivity contribution in [3.8, 4) is 5.75 Å². The molecule has 0 aliphatic carbocycles. The summed E-state index contributed by atoms with van der Waals surface area (Å²) < 4.78 is 5.71. The molecule has 198 valence electrons. The Morgan fingerprint density at radius 1 is 1.14 bits per heavy atom. The highest BCUT2D eigenvalue weighted by atomic mass is 35.5. The zero-order valence-electron chi connectivity index (χ0n) is 21.5. The van der Waals surface area contributed by atoms with Crippen molar-refractivity contribution >= 4 is 42.3 Å². The van der Waals surface area contributed by atoms with E-state index in [1.165, 1.54) is 0 Å². The maximum Gasteiger partial charge on any atom is 0.237 e. The molecule has 4 rings (SSSR count). The summed E-state index contributed by atoms with van der Waals surface area (Å²) in [4.78, 5) is 31.1. The highest BCUT2D eigenvalue weighted by molar-refractivity contribution is 5.96. The van der Waals surface area contributed by atoms with Crippen LogP contribution in [0.4, 0.5) is 5.69 Å². The largest absolute Gasteiger partial charge is 0.496 e. The van der Waals surface area contributed by atoms with Crippen molar-refractivity contribution in [1.82, 2.24) is 15.1 Å². The van der Waals surface area contributed by atoms with Gasteiger partial charge < -0.3 is 24.8 Å². The van der Waals surface area contributed by atoms with E-state index in [1.54, 1.807) is 12.0 Å². The quantitative estimate of drug-likeness (QED) is 0.582. The van der Waals surface area contributed by atoms with E-state index < -0.39 is 0 Å². The summed E-state index contributed by atoms with van der Waals surface area (Å²) in [6, 6.07) is 14.5. The first kappa shape index (κ1) is 29.9. The minimum atomic E-state index is -0.0322. The molecule has 0 saturated carbocycles. The number of anilines is 1. The number of ether oxygens (including phenoxy) is 1. The van der Waals surface area contributed by atoms with Gasteiger partial charge in [0.05, 0.1) is 19.7 Å². The van der Waals surface area contributed by atoms with Gasteiger partial charge in [0, 0.05) is 43.9 Å². The number of carbonyl (C=O) groups is 2. The fraction of sp³-hybridized carbons (Fsp3) is 0.481. The summed E-state index contributed by atoms with van der Waals surface area (Å²) in [6.45, 7) is 1.76. The molecule has 0 unspecified atom stereocenters. The third kappa shape index (κ3) is 6.51. The van der Waals surface area contributed by atoms with Crippen LogP contribution >= 0.6 is 24.8 Å². The topological polar surface area (TPSA) is 65.1 Å². The zero-order chi connectivity index (χ0) is 24.2. The second kappa shape index (κ2) is 13.3. The smallest absolute Gasteiger partial charge is 0.237 e. The van der Waals surface area contributed by atoms with Crippen LogP contribution in [0.3, 0.4) is 0 Å². The summed E-state index contributed by atoms with van der Waals surface area (Å²) in [6.07, 6.45) is 3.21. The molecule has 2 aliphatic rings. The number of rotatable bonds is 7. The van der Waals surface area contributed by atoms with E-state index in [2.05, 4.69) is 29.6 Å². The number of nitrogens with one attached hydrogen (secondary N) is 1. The number of methoxy groups -OCH3 is 1. The zero-order valence-corrected chi connectivity index (χ0v) is 23.2. The Hall–Kier alpha value is -2.32. The molecular weight excluding hydrogens is 499 g/mol. The maximum atomic E-state index is 13.1. The van der Waals surface area contributed by atoms with E-state index in [4.69, 9.17) is 4.74 Å². The number of hydrogen-bond donors (Lipinski definition) is 1. The van der Waals surface area contributed by atoms with Gasteiger partial charge in [-0.15, -0.1) is 24.8 Å². The van der Waals surface area contributed by atoms with Gasteiger partial charge in [-0.2, -0.15) is 0 Å². The summed E-state index contributed by atoms with van der Waals surface area (Å²) in [7, 11) is 7.39. The number of hydrogen-bond acceptors (Lipinski definition) is 5. The number of piperidine rings is 1. The molecule has 0 radical (unpaired) electrons. The molecule has 1 N–H and O–H groups in total. The summed E-state index contributed by atoms with van der Waals surface area (Å²) in [5.41, 5.74) is 4.27. The number of halogens is 2. The number of benzene rings is 2. The number of amides is 2. The second-order valence-corrected chi connectivity index (χ2v) is 9.56. The molecule has 2 heterocycles. The van der Waals surface area contributed by atoms with Gasteiger partial charge in [-0.1, -0.05) is 30.3 Å². The molecule has 2 aliphatic heterocycles. The predicted octanol–water partition coefficient (Wildman–Crippen LogP) is 3.83. The van der Waals surface area contributed by atoms with Gasteiger partial charge in [-0.25, -0.2) is 0 Å². The molecule has 2 amide bonds.